The first-order chi connectivity index (χ1) is 9.33. The predicted molar refractivity (Wildman–Crippen MR) is 73.3 cm³/mol. The molecular weight excluding hydrogens is 240 g/mol. The lowest BCUT2D eigenvalue weighted by Crippen LogP contribution is -2.38. The van der Waals surface area contributed by atoms with Crippen LogP contribution in [0.1, 0.15) is 37.4 Å². The smallest absolute Gasteiger partial charge is 0.214 e. The molecule has 1 aromatic heterocycles. The van der Waals surface area contributed by atoms with E-state index >= 15 is 0 Å². The zero-order chi connectivity index (χ0) is 13.1. The molecule has 0 radical (unpaired) electrons. The SMILES string of the molecule is CCCc1cc(CNC2CC2)cc(OC2COC2)n1. The van der Waals surface area contributed by atoms with Crippen molar-refractivity contribution in [2.45, 2.75) is 51.3 Å². The summed E-state index contributed by atoms with van der Waals surface area (Å²) >= 11 is 0. The van der Waals surface area contributed by atoms with Crippen molar-refractivity contribution in [2.75, 3.05) is 13.2 Å². The third kappa shape index (κ3) is 3.67. The Morgan fingerprint density at radius 3 is 2.84 bits per heavy atom. The Kier molecular flexibility index (Phi) is 3.99. The van der Waals surface area contributed by atoms with Gasteiger partial charge < -0.3 is 14.8 Å². The van der Waals surface area contributed by atoms with Crippen LogP contribution in [0.4, 0.5) is 0 Å². The molecule has 0 amide bonds. The van der Waals surface area contributed by atoms with Crippen molar-refractivity contribution in [1.29, 1.82) is 0 Å². The van der Waals surface area contributed by atoms with Crippen LogP contribution in [0.15, 0.2) is 12.1 Å². The Hall–Kier alpha value is -1.13. The zero-order valence-electron chi connectivity index (χ0n) is 11.5. The number of hydrogen-bond acceptors (Lipinski definition) is 4. The molecular formula is C15H22N2O2. The van der Waals surface area contributed by atoms with Crippen LogP contribution in [-0.4, -0.2) is 30.3 Å². The molecule has 104 valence electrons. The number of nitrogens with zero attached hydrogens (tertiary/aromatic N) is 1. The minimum atomic E-state index is 0.189. The first-order valence-corrected chi connectivity index (χ1v) is 7.31. The van der Waals surface area contributed by atoms with Crippen LogP contribution >= 0.6 is 0 Å². The normalized spacial score (nSPS) is 19.2. The number of rotatable bonds is 7. The van der Waals surface area contributed by atoms with Gasteiger partial charge in [-0.05, 0) is 30.9 Å². The second-order valence-corrected chi connectivity index (χ2v) is 5.49. The Balaban J connectivity index is 1.68. The van der Waals surface area contributed by atoms with Crippen LogP contribution in [0.5, 0.6) is 5.88 Å². The first kappa shape index (κ1) is 12.9. The van der Waals surface area contributed by atoms with Gasteiger partial charge in [0.2, 0.25) is 5.88 Å². The number of ether oxygens (including phenoxy) is 2. The number of aromatic nitrogens is 1. The average Bonchev–Trinajstić information content (AvgIpc) is 3.16. The number of hydrogen-bond donors (Lipinski definition) is 1. The third-order valence-corrected chi connectivity index (χ3v) is 3.49. The quantitative estimate of drug-likeness (QED) is 0.817. The lowest BCUT2D eigenvalue weighted by atomic mass is 10.1. The van der Waals surface area contributed by atoms with Gasteiger partial charge in [-0.1, -0.05) is 13.3 Å². The number of nitrogens with one attached hydrogen (secondary N) is 1. The summed E-state index contributed by atoms with van der Waals surface area (Å²) in [6, 6.07) is 4.99. The molecule has 4 heteroatoms. The lowest BCUT2D eigenvalue weighted by molar-refractivity contribution is -0.0814. The number of aryl methyl sites for hydroxylation is 1. The van der Waals surface area contributed by atoms with Crippen molar-refractivity contribution in [3.8, 4) is 5.88 Å². The van der Waals surface area contributed by atoms with E-state index in [9.17, 15) is 0 Å². The predicted octanol–water partition coefficient (Wildman–Crippen LogP) is 2.06. The monoisotopic (exact) mass is 262 g/mol. The molecule has 4 nitrogen and oxygen atoms in total. The van der Waals surface area contributed by atoms with Gasteiger partial charge in [0.25, 0.3) is 0 Å². The van der Waals surface area contributed by atoms with Crippen molar-refractivity contribution in [3.63, 3.8) is 0 Å². The molecule has 0 aromatic carbocycles. The van der Waals surface area contributed by atoms with Gasteiger partial charge in [0.15, 0.2) is 0 Å². The highest BCUT2D eigenvalue weighted by Crippen LogP contribution is 2.21. The maximum Gasteiger partial charge on any atom is 0.214 e. The fraction of sp³-hybridized carbons (Fsp3) is 0.667. The van der Waals surface area contributed by atoms with E-state index in [1.807, 2.05) is 0 Å². The lowest BCUT2D eigenvalue weighted by Gasteiger charge is -2.26. The Labute approximate surface area is 114 Å². The van der Waals surface area contributed by atoms with Gasteiger partial charge in [-0.15, -0.1) is 0 Å². The molecule has 1 saturated carbocycles. The molecule has 1 N–H and O–H groups in total. The van der Waals surface area contributed by atoms with Crippen LogP contribution in [0.25, 0.3) is 0 Å². The van der Waals surface area contributed by atoms with Gasteiger partial charge in [-0.25, -0.2) is 4.98 Å². The van der Waals surface area contributed by atoms with Crippen LogP contribution < -0.4 is 10.1 Å². The molecule has 0 unspecified atom stereocenters. The van der Waals surface area contributed by atoms with E-state index in [-0.39, 0.29) is 6.10 Å². The average molecular weight is 262 g/mol. The number of pyridine rings is 1. The molecule has 3 rings (SSSR count). The molecule has 0 bridgehead atoms. The molecule has 1 aliphatic heterocycles. The second-order valence-electron chi connectivity index (χ2n) is 5.49. The zero-order valence-corrected chi connectivity index (χ0v) is 11.5. The van der Waals surface area contributed by atoms with Gasteiger partial charge in [0, 0.05) is 24.3 Å². The highest BCUT2D eigenvalue weighted by atomic mass is 16.6. The summed E-state index contributed by atoms with van der Waals surface area (Å²) in [7, 11) is 0. The van der Waals surface area contributed by atoms with E-state index in [0.29, 0.717) is 13.2 Å². The van der Waals surface area contributed by atoms with Gasteiger partial charge in [-0.3, -0.25) is 0 Å². The highest BCUT2D eigenvalue weighted by molar-refractivity contribution is 5.26. The Morgan fingerprint density at radius 1 is 1.37 bits per heavy atom. The summed E-state index contributed by atoms with van der Waals surface area (Å²) in [6.45, 7) is 4.48. The molecule has 0 atom stereocenters. The van der Waals surface area contributed by atoms with Gasteiger partial charge >= 0.3 is 0 Å². The fourth-order valence-electron chi connectivity index (χ4n) is 2.17. The van der Waals surface area contributed by atoms with Gasteiger partial charge in [0.1, 0.15) is 6.10 Å². The van der Waals surface area contributed by atoms with E-state index in [1.165, 1.54) is 18.4 Å². The van der Waals surface area contributed by atoms with Crippen LogP contribution in [0, 0.1) is 0 Å². The molecule has 2 fully saturated rings. The first-order valence-electron chi connectivity index (χ1n) is 7.31. The van der Waals surface area contributed by atoms with Crippen molar-refractivity contribution in [2.24, 2.45) is 0 Å². The van der Waals surface area contributed by atoms with Crippen molar-refractivity contribution in [1.82, 2.24) is 10.3 Å². The maximum absolute atomic E-state index is 5.84. The second kappa shape index (κ2) is 5.88. The Bertz CT molecular complexity index is 428. The topological polar surface area (TPSA) is 43.4 Å². The molecule has 2 heterocycles. The summed E-state index contributed by atoms with van der Waals surface area (Å²) in [5, 5.41) is 3.54. The third-order valence-electron chi connectivity index (χ3n) is 3.49. The molecule has 2 aliphatic rings. The van der Waals surface area contributed by atoms with Gasteiger partial charge in [-0.2, -0.15) is 0 Å². The van der Waals surface area contributed by atoms with Crippen LogP contribution in [0.2, 0.25) is 0 Å². The van der Waals surface area contributed by atoms with Crippen molar-refractivity contribution < 1.29 is 9.47 Å². The maximum atomic E-state index is 5.84. The minimum Gasteiger partial charge on any atom is -0.469 e. The largest absolute Gasteiger partial charge is 0.469 e. The fourth-order valence-corrected chi connectivity index (χ4v) is 2.17. The summed E-state index contributed by atoms with van der Waals surface area (Å²) in [4.78, 5) is 4.58. The van der Waals surface area contributed by atoms with Crippen molar-refractivity contribution in [3.05, 3.63) is 23.4 Å². The van der Waals surface area contributed by atoms with Crippen LogP contribution in [0.3, 0.4) is 0 Å². The van der Waals surface area contributed by atoms with E-state index in [1.54, 1.807) is 0 Å². The molecule has 1 aromatic rings. The van der Waals surface area contributed by atoms with E-state index in [0.717, 1.165) is 37.0 Å². The summed E-state index contributed by atoms with van der Waals surface area (Å²) < 4.78 is 11.0. The summed E-state index contributed by atoms with van der Waals surface area (Å²) in [6.07, 6.45) is 4.94. The standard InChI is InChI=1S/C15H22N2O2/c1-2-3-13-6-11(8-16-12-4-5-12)7-15(17-13)19-14-9-18-10-14/h6-7,12,14,16H,2-5,8-10H2,1H3. The summed E-state index contributed by atoms with van der Waals surface area (Å²) in [5.74, 6) is 0.756. The van der Waals surface area contributed by atoms with Crippen LogP contribution in [-0.2, 0) is 17.7 Å². The van der Waals surface area contributed by atoms with E-state index in [4.69, 9.17) is 9.47 Å². The molecule has 19 heavy (non-hydrogen) atoms. The molecule has 1 aliphatic carbocycles. The van der Waals surface area contributed by atoms with E-state index < -0.39 is 0 Å². The van der Waals surface area contributed by atoms with Crippen molar-refractivity contribution >= 4 is 0 Å². The minimum absolute atomic E-state index is 0.189. The highest BCUT2D eigenvalue weighted by Gasteiger charge is 2.22. The summed E-state index contributed by atoms with van der Waals surface area (Å²) in [5.41, 5.74) is 2.41. The molecule has 1 saturated heterocycles. The van der Waals surface area contributed by atoms with Gasteiger partial charge in [0.05, 0.1) is 13.2 Å². The van der Waals surface area contributed by atoms with E-state index in [2.05, 4.69) is 29.4 Å². The molecule has 0 spiro atoms. The Morgan fingerprint density at radius 2 is 2.21 bits per heavy atom.